The summed E-state index contributed by atoms with van der Waals surface area (Å²) in [4.78, 5) is 0. The van der Waals surface area contributed by atoms with Gasteiger partial charge in [0.25, 0.3) is 0 Å². The zero-order valence-electron chi connectivity index (χ0n) is 9.32. The van der Waals surface area contributed by atoms with Crippen LogP contribution in [0.2, 0.25) is 0 Å². The van der Waals surface area contributed by atoms with Crippen LogP contribution in [0.25, 0.3) is 0 Å². The van der Waals surface area contributed by atoms with E-state index in [2.05, 4.69) is 0 Å². The summed E-state index contributed by atoms with van der Waals surface area (Å²) in [6.07, 6.45) is 1.23. The van der Waals surface area contributed by atoms with Crippen LogP contribution in [0.15, 0.2) is 24.3 Å². The molecule has 1 aromatic rings. The Hall–Kier alpha value is -0.870. The van der Waals surface area contributed by atoms with Gasteiger partial charge >= 0.3 is 0 Å². The molecule has 0 aliphatic heterocycles. The fourth-order valence-corrected chi connectivity index (χ4v) is 2.13. The molecule has 0 fully saturated rings. The lowest BCUT2D eigenvalue weighted by Gasteiger charge is -2.19. The summed E-state index contributed by atoms with van der Waals surface area (Å²) < 4.78 is 22.1. The normalized spacial score (nSPS) is 12.8. The van der Waals surface area contributed by atoms with Crippen LogP contribution in [-0.2, 0) is 21.1 Å². The predicted octanol–water partition coefficient (Wildman–Crippen LogP) is 1.43. The largest absolute Gasteiger partial charge is 0.322 e. The highest BCUT2D eigenvalue weighted by atomic mass is 32.2. The van der Waals surface area contributed by atoms with Gasteiger partial charge in [-0.15, -0.1) is 0 Å². The number of hydrogen-bond donors (Lipinski definition) is 1. The molecule has 3 nitrogen and oxygen atoms in total. The van der Waals surface area contributed by atoms with E-state index in [1.54, 1.807) is 0 Å². The summed E-state index contributed by atoms with van der Waals surface area (Å²) in [6, 6.07) is 7.37. The Morgan fingerprint density at radius 1 is 1.20 bits per heavy atom. The van der Waals surface area contributed by atoms with E-state index >= 15 is 0 Å². The van der Waals surface area contributed by atoms with E-state index in [-0.39, 0.29) is 11.3 Å². The molecule has 0 aromatic heterocycles. The molecule has 1 aromatic carbocycles. The standard InChI is InChI=1S/C11H17NO2S/c1-11(2,12)10-6-4-9(5-7-10)8-15(3,13)14/h4-7H,8,12H2,1-3H3. The van der Waals surface area contributed by atoms with Gasteiger partial charge in [-0.3, -0.25) is 0 Å². The van der Waals surface area contributed by atoms with Gasteiger partial charge in [0, 0.05) is 11.8 Å². The molecule has 0 bridgehead atoms. The van der Waals surface area contributed by atoms with Gasteiger partial charge in [-0.2, -0.15) is 0 Å². The molecule has 0 amide bonds. The highest BCUT2D eigenvalue weighted by molar-refractivity contribution is 7.89. The predicted molar refractivity (Wildman–Crippen MR) is 62.2 cm³/mol. The molecule has 15 heavy (non-hydrogen) atoms. The van der Waals surface area contributed by atoms with Crippen molar-refractivity contribution in [3.63, 3.8) is 0 Å². The first-order valence-corrected chi connectivity index (χ1v) is 6.80. The third kappa shape index (κ3) is 4.01. The van der Waals surface area contributed by atoms with Gasteiger partial charge in [-0.25, -0.2) is 8.42 Å². The fourth-order valence-electron chi connectivity index (χ4n) is 1.33. The summed E-state index contributed by atoms with van der Waals surface area (Å²) in [5.74, 6) is 0.0816. The molecular weight excluding hydrogens is 210 g/mol. The quantitative estimate of drug-likeness (QED) is 0.849. The molecule has 0 spiro atoms. The van der Waals surface area contributed by atoms with Gasteiger partial charge in [0.05, 0.1) is 5.75 Å². The minimum atomic E-state index is -2.96. The van der Waals surface area contributed by atoms with Crippen molar-refractivity contribution in [1.29, 1.82) is 0 Å². The van der Waals surface area contributed by atoms with Gasteiger partial charge in [0.2, 0.25) is 0 Å². The molecule has 2 N–H and O–H groups in total. The summed E-state index contributed by atoms with van der Waals surface area (Å²) in [6.45, 7) is 3.83. The third-order valence-electron chi connectivity index (χ3n) is 2.13. The van der Waals surface area contributed by atoms with Crippen LogP contribution in [0, 0.1) is 0 Å². The molecule has 84 valence electrons. The van der Waals surface area contributed by atoms with Crippen molar-refractivity contribution in [1.82, 2.24) is 0 Å². The van der Waals surface area contributed by atoms with Crippen LogP contribution in [0.1, 0.15) is 25.0 Å². The van der Waals surface area contributed by atoms with Gasteiger partial charge in [0.1, 0.15) is 0 Å². The second kappa shape index (κ2) is 3.94. The molecule has 0 atom stereocenters. The average Bonchev–Trinajstić information content (AvgIpc) is 2.00. The Kier molecular flexibility index (Phi) is 3.21. The monoisotopic (exact) mass is 227 g/mol. The smallest absolute Gasteiger partial charge is 0.151 e. The molecule has 0 aliphatic carbocycles. The van der Waals surface area contributed by atoms with Crippen molar-refractivity contribution in [3.05, 3.63) is 35.4 Å². The van der Waals surface area contributed by atoms with E-state index in [4.69, 9.17) is 5.73 Å². The molecule has 0 aliphatic rings. The molecule has 1 rings (SSSR count). The van der Waals surface area contributed by atoms with Crippen LogP contribution >= 0.6 is 0 Å². The number of hydrogen-bond acceptors (Lipinski definition) is 3. The highest BCUT2D eigenvalue weighted by Gasteiger charge is 2.13. The second-order valence-corrected chi connectivity index (χ2v) is 6.63. The van der Waals surface area contributed by atoms with Gasteiger partial charge in [-0.05, 0) is 25.0 Å². The van der Waals surface area contributed by atoms with Crippen LogP contribution in [0.4, 0.5) is 0 Å². The number of nitrogens with two attached hydrogens (primary N) is 1. The molecular formula is C11H17NO2S. The minimum absolute atomic E-state index is 0.0816. The Labute approximate surface area is 91.2 Å². The first-order chi connectivity index (χ1) is 6.68. The third-order valence-corrected chi connectivity index (χ3v) is 2.98. The fraction of sp³-hybridized carbons (Fsp3) is 0.455. The Morgan fingerprint density at radius 2 is 1.67 bits per heavy atom. The van der Waals surface area contributed by atoms with Crippen LogP contribution < -0.4 is 5.73 Å². The topological polar surface area (TPSA) is 60.2 Å². The van der Waals surface area contributed by atoms with E-state index in [9.17, 15) is 8.42 Å². The Balaban J connectivity index is 2.91. The van der Waals surface area contributed by atoms with Crippen molar-refractivity contribution >= 4 is 9.84 Å². The van der Waals surface area contributed by atoms with Crippen molar-refractivity contribution < 1.29 is 8.42 Å². The summed E-state index contributed by atoms with van der Waals surface area (Å²) in [7, 11) is -2.96. The first-order valence-electron chi connectivity index (χ1n) is 4.74. The first kappa shape index (κ1) is 12.2. The van der Waals surface area contributed by atoms with Gasteiger partial charge in [0.15, 0.2) is 9.84 Å². The van der Waals surface area contributed by atoms with E-state index < -0.39 is 9.84 Å². The zero-order chi connectivity index (χ0) is 11.7. The van der Waals surface area contributed by atoms with Gasteiger partial charge in [-0.1, -0.05) is 24.3 Å². The number of benzene rings is 1. The molecule has 0 saturated carbocycles. The summed E-state index contributed by atoms with van der Waals surface area (Å²) >= 11 is 0. The van der Waals surface area contributed by atoms with Crippen LogP contribution in [-0.4, -0.2) is 14.7 Å². The van der Waals surface area contributed by atoms with Gasteiger partial charge < -0.3 is 5.73 Å². The lowest BCUT2D eigenvalue weighted by Crippen LogP contribution is -2.28. The number of rotatable bonds is 3. The molecule has 0 saturated heterocycles. The molecule has 4 heteroatoms. The van der Waals surface area contributed by atoms with E-state index in [1.165, 1.54) is 6.26 Å². The zero-order valence-corrected chi connectivity index (χ0v) is 10.1. The maximum absolute atomic E-state index is 11.1. The van der Waals surface area contributed by atoms with Crippen LogP contribution in [0.5, 0.6) is 0 Å². The maximum atomic E-state index is 11.1. The highest BCUT2D eigenvalue weighted by Crippen LogP contribution is 2.17. The lowest BCUT2D eigenvalue weighted by molar-refractivity contribution is 0.554. The van der Waals surface area contributed by atoms with Crippen molar-refractivity contribution in [2.24, 2.45) is 5.73 Å². The number of sulfone groups is 1. The summed E-state index contributed by atoms with van der Waals surface area (Å²) in [5.41, 5.74) is 7.33. The van der Waals surface area contributed by atoms with E-state index in [0.29, 0.717) is 0 Å². The minimum Gasteiger partial charge on any atom is -0.322 e. The van der Waals surface area contributed by atoms with E-state index in [0.717, 1.165) is 11.1 Å². The van der Waals surface area contributed by atoms with E-state index in [1.807, 2.05) is 38.1 Å². The van der Waals surface area contributed by atoms with Crippen molar-refractivity contribution in [3.8, 4) is 0 Å². The Bertz CT molecular complexity index is 427. The average molecular weight is 227 g/mol. The Morgan fingerprint density at radius 3 is 2.00 bits per heavy atom. The van der Waals surface area contributed by atoms with Crippen molar-refractivity contribution in [2.75, 3.05) is 6.26 Å². The maximum Gasteiger partial charge on any atom is 0.151 e. The molecule has 0 unspecified atom stereocenters. The lowest BCUT2D eigenvalue weighted by atomic mass is 9.95. The second-order valence-electron chi connectivity index (χ2n) is 4.49. The molecule has 0 radical (unpaired) electrons. The van der Waals surface area contributed by atoms with Crippen LogP contribution in [0.3, 0.4) is 0 Å². The molecule has 0 heterocycles. The van der Waals surface area contributed by atoms with Crippen molar-refractivity contribution in [2.45, 2.75) is 25.1 Å². The summed E-state index contributed by atoms with van der Waals surface area (Å²) in [5, 5.41) is 0. The SMILES string of the molecule is CC(C)(N)c1ccc(CS(C)(=O)=O)cc1.